The zero-order valence-electron chi connectivity index (χ0n) is 15.8. The zero-order chi connectivity index (χ0) is 18.5. The molecule has 2 N–H and O–H groups in total. The number of fused-ring (bicyclic) bond motifs is 1. The van der Waals surface area contributed by atoms with Crippen molar-refractivity contribution in [2.24, 2.45) is 4.99 Å². The van der Waals surface area contributed by atoms with Gasteiger partial charge in [-0.2, -0.15) is 0 Å². The van der Waals surface area contributed by atoms with Crippen molar-refractivity contribution in [3.63, 3.8) is 0 Å². The molecule has 0 radical (unpaired) electrons. The van der Waals surface area contributed by atoms with Crippen LogP contribution in [0, 0.1) is 0 Å². The van der Waals surface area contributed by atoms with E-state index in [2.05, 4.69) is 35.4 Å². The number of nitrogens with zero attached hydrogens (tertiary/aromatic N) is 5. The second kappa shape index (κ2) is 9.67. The summed E-state index contributed by atoms with van der Waals surface area (Å²) in [5.41, 5.74) is 1.74. The molecule has 0 unspecified atom stereocenters. The SMILES string of the molecule is CCNC(=NCc1coc(-c2ccccc2)n1)NCc1nnc2n1CCC2.I. The van der Waals surface area contributed by atoms with Crippen molar-refractivity contribution in [3.05, 3.63) is 53.9 Å². The van der Waals surface area contributed by atoms with Crippen LogP contribution in [-0.2, 0) is 26.1 Å². The second-order valence-corrected chi connectivity index (χ2v) is 6.35. The van der Waals surface area contributed by atoms with Gasteiger partial charge in [0, 0.05) is 25.1 Å². The summed E-state index contributed by atoms with van der Waals surface area (Å²) in [5.74, 6) is 3.35. The number of benzene rings is 1. The highest BCUT2D eigenvalue weighted by Crippen LogP contribution is 2.18. The molecular weight excluding hydrogens is 469 g/mol. The lowest BCUT2D eigenvalue weighted by molar-refractivity contribution is 0.572. The Kier molecular flexibility index (Phi) is 7.01. The van der Waals surface area contributed by atoms with E-state index in [9.17, 15) is 0 Å². The first-order valence-electron chi connectivity index (χ1n) is 9.26. The van der Waals surface area contributed by atoms with E-state index in [0.717, 1.165) is 54.8 Å². The Balaban J connectivity index is 0.00000225. The molecule has 3 heterocycles. The van der Waals surface area contributed by atoms with Gasteiger partial charge in [0.25, 0.3) is 0 Å². The number of aliphatic imine (C=N–C) groups is 1. The largest absolute Gasteiger partial charge is 0.444 e. The fourth-order valence-corrected chi connectivity index (χ4v) is 3.10. The van der Waals surface area contributed by atoms with Gasteiger partial charge < -0.3 is 19.6 Å². The monoisotopic (exact) mass is 493 g/mol. The molecule has 0 amide bonds. The summed E-state index contributed by atoms with van der Waals surface area (Å²) in [4.78, 5) is 9.11. The average molecular weight is 493 g/mol. The molecule has 0 fully saturated rings. The maximum Gasteiger partial charge on any atom is 0.226 e. The van der Waals surface area contributed by atoms with Crippen molar-refractivity contribution in [2.75, 3.05) is 6.54 Å². The van der Waals surface area contributed by atoms with E-state index in [0.29, 0.717) is 19.0 Å². The minimum Gasteiger partial charge on any atom is -0.444 e. The van der Waals surface area contributed by atoms with Crippen LogP contribution in [-0.4, -0.2) is 32.3 Å². The summed E-state index contributed by atoms with van der Waals surface area (Å²) < 4.78 is 7.75. The number of hydrogen-bond acceptors (Lipinski definition) is 5. The highest BCUT2D eigenvalue weighted by atomic mass is 127. The average Bonchev–Trinajstić information content (AvgIpc) is 3.42. The van der Waals surface area contributed by atoms with Crippen LogP contribution in [0.25, 0.3) is 11.5 Å². The third-order valence-corrected chi connectivity index (χ3v) is 4.42. The molecule has 4 rings (SSSR count). The van der Waals surface area contributed by atoms with Gasteiger partial charge in [-0.3, -0.25) is 0 Å². The zero-order valence-corrected chi connectivity index (χ0v) is 18.1. The Morgan fingerprint density at radius 2 is 2.07 bits per heavy atom. The number of guanidine groups is 1. The Hall–Kier alpha value is -2.43. The van der Waals surface area contributed by atoms with Crippen LogP contribution in [0.3, 0.4) is 0 Å². The number of oxazole rings is 1. The number of aromatic nitrogens is 4. The van der Waals surface area contributed by atoms with Crippen molar-refractivity contribution in [1.82, 2.24) is 30.4 Å². The fourth-order valence-electron chi connectivity index (χ4n) is 3.10. The molecule has 1 aliphatic heterocycles. The summed E-state index contributed by atoms with van der Waals surface area (Å²) in [6, 6.07) is 9.84. The lowest BCUT2D eigenvalue weighted by Gasteiger charge is -2.10. The minimum atomic E-state index is 0. The van der Waals surface area contributed by atoms with Crippen LogP contribution >= 0.6 is 24.0 Å². The van der Waals surface area contributed by atoms with Crippen LogP contribution in [0.2, 0.25) is 0 Å². The number of rotatable bonds is 6. The van der Waals surface area contributed by atoms with Crippen LogP contribution in [0.15, 0.2) is 46.0 Å². The van der Waals surface area contributed by atoms with Crippen LogP contribution in [0.5, 0.6) is 0 Å². The Morgan fingerprint density at radius 1 is 1.21 bits per heavy atom. The molecule has 9 heteroatoms. The van der Waals surface area contributed by atoms with Crippen molar-refractivity contribution in [2.45, 2.75) is 39.4 Å². The summed E-state index contributed by atoms with van der Waals surface area (Å²) >= 11 is 0. The molecule has 0 saturated carbocycles. The van der Waals surface area contributed by atoms with Crippen molar-refractivity contribution >= 4 is 29.9 Å². The molecule has 148 valence electrons. The lowest BCUT2D eigenvalue weighted by atomic mass is 10.2. The fraction of sp³-hybridized carbons (Fsp3) is 0.368. The van der Waals surface area contributed by atoms with Gasteiger partial charge in [0.1, 0.15) is 17.8 Å². The van der Waals surface area contributed by atoms with Crippen molar-refractivity contribution in [3.8, 4) is 11.5 Å². The van der Waals surface area contributed by atoms with Gasteiger partial charge in [0.05, 0.1) is 13.1 Å². The number of hydrogen-bond donors (Lipinski definition) is 2. The predicted molar refractivity (Wildman–Crippen MR) is 117 cm³/mol. The third kappa shape index (κ3) is 4.70. The number of halogens is 1. The maximum atomic E-state index is 5.57. The Morgan fingerprint density at radius 3 is 2.89 bits per heavy atom. The molecule has 0 atom stereocenters. The van der Waals surface area contributed by atoms with Gasteiger partial charge in [0.2, 0.25) is 5.89 Å². The first kappa shape index (κ1) is 20.3. The summed E-state index contributed by atoms with van der Waals surface area (Å²) in [6.07, 6.45) is 3.81. The van der Waals surface area contributed by atoms with E-state index in [1.165, 1.54) is 0 Å². The number of nitrogens with one attached hydrogen (secondary N) is 2. The van der Waals surface area contributed by atoms with Crippen LogP contribution < -0.4 is 10.6 Å². The highest BCUT2D eigenvalue weighted by molar-refractivity contribution is 14.0. The number of aryl methyl sites for hydroxylation is 1. The first-order valence-corrected chi connectivity index (χ1v) is 9.26. The molecule has 3 aromatic rings. The first-order chi connectivity index (χ1) is 13.3. The predicted octanol–water partition coefficient (Wildman–Crippen LogP) is 2.75. The van der Waals surface area contributed by atoms with E-state index in [1.807, 2.05) is 37.3 Å². The molecule has 1 aromatic carbocycles. The minimum absolute atomic E-state index is 0. The third-order valence-electron chi connectivity index (χ3n) is 4.42. The lowest BCUT2D eigenvalue weighted by Crippen LogP contribution is -2.37. The highest BCUT2D eigenvalue weighted by Gasteiger charge is 2.17. The maximum absolute atomic E-state index is 5.57. The molecule has 8 nitrogen and oxygen atoms in total. The molecule has 0 spiro atoms. The molecule has 0 aliphatic carbocycles. The van der Waals surface area contributed by atoms with Gasteiger partial charge in [-0.15, -0.1) is 34.2 Å². The van der Waals surface area contributed by atoms with Crippen LogP contribution in [0.4, 0.5) is 0 Å². The van der Waals surface area contributed by atoms with E-state index in [4.69, 9.17) is 4.42 Å². The molecule has 1 aliphatic rings. The molecule has 0 saturated heterocycles. The summed E-state index contributed by atoms with van der Waals surface area (Å²) in [6.45, 7) is 4.83. The van der Waals surface area contributed by atoms with Gasteiger partial charge in [-0.25, -0.2) is 9.98 Å². The van der Waals surface area contributed by atoms with E-state index < -0.39 is 0 Å². The van der Waals surface area contributed by atoms with Crippen molar-refractivity contribution in [1.29, 1.82) is 0 Å². The quantitative estimate of drug-likeness (QED) is 0.312. The molecule has 0 bridgehead atoms. The smallest absolute Gasteiger partial charge is 0.226 e. The van der Waals surface area contributed by atoms with Gasteiger partial charge in [-0.05, 0) is 25.5 Å². The Bertz CT molecular complexity index is 920. The van der Waals surface area contributed by atoms with Crippen LogP contribution in [0.1, 0.15) is 30.7 Å². The summed E-state index contributed by atoms with van der Waals surface area (Å²) in [7, 11) is 0. The standard InChI is InChI=1S/C19H23N7O.HI/c1-2-20-19(22-12-17-25-24-16-9-6-10-26(16)17)21-11-15-13-27-18(23-15)14-7-4-3-5-8-14;/h3-5,7-8,13H,2,6,9-12H2,1H3,(H2,20,21,22);1H. The summed E-state index contributed by atoms with van der Waals surface area (Å²) in [5, 5.41) is 15.1. The van der Waals surface area contributed by atoms with E-state index in [1.54, 1.807) is 6.26 Å². The molecular formula is C19H24IN7O. The van der Waals surface area contributed by atoms with E-state index >= 15 is 0 Å². The van der Waals surface area contributed by atoms with Gasteiger partial charge >= 0.3 is 0 Å². The Labute approximate surface area is 180 Å². The molecule has 28 heavy (non-hydrogen) atoms. The molecule has 2 aromatic heterocycles. The van der Waals surface area contributed by atoms with Gasteiger partial charge in [0.15, 0.2) is 11.8 Å². The topological polar surface area (TPSA) is 93.2 Å². The normalized spacial score (nSPS) is 13.1. The van der Waals surface area contributed by atoms with Gasteiger partial charge in [-0.1, -0.05) is 18.2 Å². The van der Waals surface area contributed by atoms with E-state index in [-0.39, 0.29) is 24.0 Å². The second-order valence-electron chi connectivity index (χ2n) is 6.35. The van der Waals surface area contributed by atoms with Crippen molar-refractivity contribution < 1.29 is 4.42 Å².